The van der Waals surface area contributed by atoms with E-state index in [1.54, 1.807) is 0 Å². The minimum absolute atomic E-state index is 0.403. The van der Waals surface area contributed by atoms with Crippen LogP contribution in [0.2, 0.25) is 0 Å². The van der Waals surface area contributed by atoms with Gasteiger partial charge in [0.1, 0.15) is 0 Å². The molecule has 124 valence electrons. The largest absolute Gasteiger partial charge is 0.339 e. The Morgan fingerprint density at radius 2 is 2.17 bits per heavy atom. The fourth-order valence-corrected chi connectivity index (χ4v) is 3.07. The summed E-state index contributed by atoms with van der Waals surface area (Å²) in [6.45, 7) is 9.33. The van der Waals surface area contributed by atoms with Gasteiger partial charge in [-0.3, -0.25) is 14.8 Å². The summed E-state index contributed by atoms with van der Waals surface area (Å²) in [5.74, 6) is 1.53. The van der Waals surface area contributed by atoms with Crippen LogP contribution in [-0.4, -0.2) is 51.1 Å². The van der Waals surface area contributed by atoms with E-state index >= 15 is 0 Å². The summed E-state index contributed by atoms with van der Waals surface area (Å²) in [5, 5.41) is 4.06. The molecule has 1 aliphatic heterocycles. The highest BCUT2D eigenvalue weighted by Gasteiger charge is 2.21. The summed E-state index contributed by atoms with van der Waals surface area (Å²) >= 11 is 0. The molecule has 0 spiro atoms. The molecule has 0 aliphatic carbocycles. The van der Waals surface area contributed by atoms with Crippen molar-refractivity contribution < 1.29 is 4.52 Å². The molecule has 6 heteroatoms. The van der Waals surface area contributed by atoms with Crippen LogP contribution < -0.4 is 0 Å². The molecule has 0 bridgehead atoms. The molecule has 6 nitrogen and oxygen atoms in total. The van der Waals surface area contributed by atoms with Crippen molar-refractivity contribution in [3.63, 3.8) is 0 Å². The highest BCUT2D eigenvalue weighted by Crippen LogP contribution is 2.21. The van der Waals surface area contributed by atoms with Gasteiger partial charge in [-0.05, 0) is 31.5 Å². The van der Waals surface area contributed by atoms with Gasteiger partial charge in [-0.2, -0.15) is 4.98 Å². The van der Waals surface area contributed by atoms with Crippen molar-refractivity contribution in [2.45, 2.75) is 39.3 Å². The minimum Gasteiger partial charge on any atom is -0.339 e. The first kappa shape index (κ1) is 16.1. The Labute approximate surface area is 137 Å². The molecule has 2 aromatic heterocycles. The first-order valence-electron chi connectivity index (χ1n) is 8.44. The average molecular weight is 315 g/mol. The second kappa shape index (κ2) is 7.66. The highest BCUT2D eigenvalue weighted by molar-refractivity contribution is 5.13. The molecular weight excluding hydrogens is 290 g/mol. The molecule has 3 heterocycles. The van der Waals surface area contributed by atoms with Crippen molar-refractivity contribution in [3.8, 4) is 0 Å². The summed E-state index contributed by atoms with van der Waals surface area (Å²) in [4.78, 5) is 13.6. The fraction of sp³-hybridized carbons (Fsp3) is 0.588. The Morgan fingerprint density at radius 1 is 1.26 bits per heavy atom. The molecule has 1 fully saturated rings. The maximum Gasteiger partial charge on any atom is 0.226 e. The Morgan fingerprint density at radius 3 is 2.91 bits per heavy atom. The lowest BCUT2D eigenvalue weighted by Gasteiger charge is -2.27. The van der Waals surface area contributed by atoms with Gasteiger partial charge in [0, 0.05) is 44.5 Å². The van der Waals surface area contributed by atoms with Crippen LogP contribution in [0.1, 0.15) is 43.6 Å². The molecule has 0 unspecified atom stereocenters. The highest BCUT2D eigenvalue weighted by atomic mass is 16.5. The van der Waals surface area contributed by atoms with E-state index in [-0.39, 0.29) is 0 Å². The van der Waals surface area contributed by atoms with Gasteiger partial charge < -0.3 is 4.52 Å². The zero-order chi connectivity index (χ0) is 16.1. The lowest BCUT2D eigenvalue weighted by atomic mass is 10.1. The number of nitrogens with zero attached hydrogens (tertiary/aromatic N) is 5. The van der Waals surface area contributed by atoms with Gasteiger partial charge in [0.15, 0.2) is 5.82 Å². The van der Waals surface area contributed by atoms with Gasteiger partial charge in [-0.25, -0.2) is 0 Å². The van der Waals surface area contributed by atoms with Gasteiger partial charge in [0.2, 0.25) is 5.89 Å². The van der Waals surface area contributed by atoms with Gasteiger partial charge in [0.05, 0.1) is 6.54 Å². The van der Waals surface area contributed by atoms with Crippen molar-refractivity contribution in [1.29, 1.82) is 0 Å². The number of pyridine rings is 1. The minimum atomic E-state index is 0.403. The lowest BCUT2D eigenvalue weighted by molar-refractivity contribution is 0.206. The zero-order valence-corrected chi connectivity index (χ0v) is 14.0. The molecule has 1 saturated heterocycles. The number of aryl methyl sites for hydroxylation is 1. The maximum atomic E-state index is 5.20. The Balaban J connectivity index is 1.56. The van der Waals surface area contributed by atoms with E-state index in [0.717, 1.165) is 57.3 Å². The second-order valence-electron chi connectivity index (χ2n) is 6.09. The molecule has 0 N–H and O–H groups in total. The molecule has 1 aliphatic rings. The second-order valence-corrected chi connectivity index (χ2v) is 6.09. The summed E-state index contributed by atoms with van der Waals surface area (Å²) in [6, 6.07) is 4.57. The van der Waals surface area contributed by atoms with Crippen LogP contribution in [0.5, 0.6) is 0 Å². The Hall–Kier alpha value is -1.79. The normalized spacial score (nSPS) is 18.7. The number of hydrogen-bond acceptors (Lipinski definition) is 6. The first-order valence-corrected chi connectivity index (χ1v) is 8.44. The van der Waals surface area contributed by atoms with E-state index < -0.39 is 0 Å². The Bertz CT molecular complexity index is 600. The predicted molar refractivity (Wildman–Crippen MR) is 87.8 cm³/mol. The van der Waals surface area contributed by atoms with E-state index in [1.807, 2.05) is 25.4 Å². The smallest absolute Gasteiger partial charge is 0.226 e. The fourth-order valence-electron chi connectivity index (χ4n) is 3.07. The van der Waals surface area contributed by atoms with Crippen LogP contribution in [0.4, 0.5) is 0 Å². The molecule has 0 aromatic carbocycles. The molecule has 2 aromatic rings. The van der Waals surface area contributed by atoms with Crippen molar-refractivity contribution >= 4 is 0 Å². The van der Waals surface area contributed by atoms with Crippen LogP contribution >= 0.6 is 0 Å². The van der Waals surface area contributed by atoms with Crippen LogP contribution in [0.25, 0.3) is 0 Å². The van der Waals surface area contributed by atoms with Gasteiger partial charge in [-0.15, -0.1) is 0 Å². The van der Waals surface area contributed by atoms with Crippen LogP contribution in [-0.2, 0) is 13.0 Å². The SMILES string of the molecule is CCc1nc(CN2CCCN([C@@H](C)c3cccnc3)CC2)no1. The monoisotopic (exact) mass is 315 g/mol. The molecule has 0 amide bonds. The molecule has 3 rings (SSSR count). The quantitative estimate of drug-likeness (QED) is 0.844. The van der Waals surface area contributed by atoms with Gasteiger partial charge in [0.25, 0.3) is 0 Å². The molecule has 0 saturated carbocycles. The average Bonchev–Trinajstić information content (AvgIpc) is 2.92. The van der Waals surface area contributed by atoms with E-state index in [1.165, 1.54) is 5.56 Å². The molecule has 1 atom stereocenters. The van der Waals surface area contributed by atoms with E-state index in [2.05, 4.69) is 37.9 Å². The van der Waals surface area contributed by atoms with Gasteiger partial charge in [-0.1, -0.05) is 18.1 Å². The van der Waals surface area contributed by atoms with Crippen molar-refractivity contribution in [3.05, 3.63) is 41.8 Å². The van der Waals surface area contributed by atoms with Crippen molar-refractivity contribution in [2.24, 2.45) is 0 Å². The van der Waals surface area contributed by atoms with E-state index in [4.69, 9.17) is 4.52 Å². The van der Waals surface area contributed by atoms with E-state index in [9.17, 15) is 0 Å². The van der Waals surface area contributed by atoms with Crippen LogP contribution in [0.15, 0.2) is 29.0 Å². The third-order valence-corrected chi connectivity index (χ3v) is 4.52. The van der Waals surface area contributed by atoms with Crippen LogP contribution in [0.3, 0.4) is 0 Å². The maximum absolute atomic E-state index is 5.20. The topological polar surface area (TPSA) is 58.3 Å². The first-order chi connectivity index (χ1) is 11.3. The molecule has 23 heavy (non-hydrogen) atoms. The van der Waals surface area contributed by atoms with Crippen molar-refractivity contribution in [1.82, 2.24) is 24.9 Å². The predicted octanol–water partition coefficient (Wildman–Crippen LogP) is 2.30. The summed E-state index contributed by atoms with van der Waals surface area (Å²) < 4.78 is 5.20. The third kappa shape index (κ3) is 4.14. The zero-order valence-electron chi connectivity index (χ0n) is 14.0. The van der Waals surface area contributed by atoms with Gasteiger partial charge >= 0.3 is 0 Å². The standard InChI is InChI=1S/C17H25N5O/c1-3-17-19-16(20-23-17)13-21-8-5-9-22(11-10-21)14(2)15-6-4-7-18-12-15/h4,6-7,12,14H,3,5,8-11,13H2,1-2H3/t14-/m0/s1. The van der Waals surface area contributed by atoms with Crippen LogP contribution in [0, 0.1) is 0 Å². The number of aromatic nitrogens is 3. The van der Waals surface area contributed by atoms with Crippen molar-refractivity contribution in [2.75, 3.05) is 26.2 Å². The third-order valence-electron chi connectivity index (χ3n) is 4.52. The van der Waals surface area contributed by atoms with E-state index in [0.29, 0.717) is 6.04 Å². The number of rotatable bonds is 5. The molecule has 0 radical (unpaired) electrons. The Kier molecular flexibility index (Phi) is 5.35. The molecular formula is C17H25N5O. The summed E-state index contributed by atoms with van der Waals surface area (Å²) in [5.41, 5.74) is 1.28. The summed E-state index contributed by atoms with van der Waals surface area (Å²) in [6.07, 6.45) is 5.75. The number of hydrogen-bond donors (Lipinski definition) is 0. The lowest BCUT2D eigenvalue weighted by Crippen LogP contribution is -2.32. The summed E-state index contributed by atoms with van der Waals surface area (Å²) in [7, 11) is 0.